The van der Waals surface area contributed by atoms with Crippen LogP contribution < -0.4 is 5.43 Å². The summed E-state index contributed by atoms with van der Waals surface area (Å²) in [5.74, 6) is -0.00900. The van der Waals surface area contributed by atoms with Gasteiger partial charge in [-0.25, -0.2) is 4.98 Å². The highest BCUT2D eigenvalue weighted by molar-refractivity contribution is 6.38. The number of rotatable bonds is 3. The van der Waals surface area contributed by atoms with E-state index in [0.717, 1.165) is 5.69 Å². The van der Waals surface area contributed by atoms with Crippen LogP contribution in [0.3, 0.4) is 0 Å². The number of aromatic nitrogens is 3. The summed E-state index contributed by atoms with van der Waals surface area (Å²) in [4.78, 5) is 15.2. The van der Waals surface area contributed by atoms with Crippen molar-refractivity contribution in [3.05, 3.63) is 43.0 Å². The number of carbonyl (C=O) groups excluding carboxylic acids is 1. The molecule has 0 fully saturated rings. The molecule has 0 unspecified atom stereocenters. The maximum atomic E-state index is 11.4. The summed E-state index contributed by atoms with van der Waals surface area (Å²) in [7, 11) is 0. The van der Waals surface area contributed by atoms with E-state index in [9.17, 15) is 4.79 Å². The molecule has 6 nitrogen and oxygen atoms in total. The second-order valence-electron chi connectivity index (χ2n) is 3.31. The summed E-state index contributed by atoms with van der Waals surface area (Å²) in [6.45, 7) is 1.42. The Kier molecular flexibility index (Phi) is 3.25. The average molecular weight is 229 g/mol. The minimum absolute atomic E-state index is 0.186. The van der Waals surface area contributed by atoms with E-state index in [2.05, 4.69) is 20.6 Å². The monoisotopic (exact) mass is 229 g/mol. The van der Waals surface area contributed by atoms with Crippen molar-refractivity contribution >= 4 is 17.3 Å². The van der Waals surface area contributed by atoms with E-state index in [1.54, 1.807) is 0 Å². The topological polar surface area (TPSA) is 72.2 Å². The zero-order chi connectivity index (χ0) is 12.1. The van der Waals surface area contributed by atoms with Crippen molar-refractivity contribution < 1.29 is 4.79 Å². The van der Waals surface area contributed by atoms with E-state index in [1.807, 2.05) is 30.3 Å². The van der Waals surface area contributed by atoms with Crippen LogP contribution in [0.4, 0.5) is 5.69 Å². The van der Waals surface area contributed by atoms with Crippen molar-refractivity contribution in [1.29, 1.82) is 0 Å². The van der Waals surface area contributed by atoms with Gasteiger partial charge in [-0.05, 0) is 12.1 Å². The molecule has 86 valence electrons. The Balaban J connectivity index is 2.21. The standard InChI is InChI=1S/C11H11N5O/c1-9(17)11(16-8-12-7-13-16)15-14-10-5-3-2-4-6-10/h2-8,14H,1H3/b15-11+. The minimum atomic E-state index is -0.195. The Morgan fingerprint density at radius 1 is 1.35 bits per heavy atom. The molecule has 0 aliphatic rings. The predicted octanol–water partition coefficient (Wildman–Crippen LogP) is 1.14. The van der Waals surface area contributed by atoms with Gasteiger partial charge < -0.3 is 0 Å². The first-order chi connectivity index (χ1) is 8.27. The lowest BCUT2D eigenvalue weighted by molar-refractivity contribution is -0.111. The number of para-hydroxylation sites is 1. The van der Waals surface area contributed by atoms with E-state index in [0.29, 0.717) is 0 Å². The Hall–Kier alpha value is -2.50. The number of anilines is 1. The number of hydrogen-bond donors (Lipinski definition) is 1. The molecular weight excluding hydrogens is 218 g/mol. The lowest BCUT2D eigenvalue weighted by Crippen LogP contribution is -2.22. The SMILES string of the molecule is CC(=O)/C(=N\Nc1ccccc1)n1cncn1. The van der Waals surface area contributed by atoms with Gasteiger partial charge in [-0.2, -0.15) is 14.9 Å². The van der Waals surface area contributed by atoms with Crippen molar-refractivity contribution in [3.63, 3.8) is 0 Å². The molecule has 0 amide bonds. The van der Waals surface area contributed by atoms with Crippen molar-refractivity contribution in [3.8, 4) is 0 Å². The van der Waals surface area contributed by atoms with Gasteiger partial charge in [0.1, 0.15) is 12.7 Å². The first kappa shape index (κ1) is 11.0. The molecule has 0 bridgehead atoms. The van der Waals surface area contributed by atoms with E-state index in [1.165, 1.54) is 24.3 Å². The number of carbonyl (C=O) groups is 1. The van der Waals surface area contributed by atoms with Crippen molar-refractivity contribution in [1.82, 2.24) is 14.8 Å². The lowest BCUT2D eigenvalue weighted by atomic mass is 10.3. The van der Waals surface area contributed by atoms with Gasteiger partial charge >= 0.3 is 0 Å². The van der Waals surface area contributed by atoms with Crippen molar-refractivity contribution in [2.45, 2.75) is 6.92 Å². The molecule has 6 heteroatoms. The molecule has 0 radical (unpaired) electrons. The normalized spacial score (nSPS) is 11.2. The summed E-state index contributed by atoms with van der Waals surface area (Å²) >= 11 is 0. The molecule has 0 saturated carbocycles. The maximum absolute atomic E-state index is 11.4. The molecule has 17 heavy (non-hydrogen) atoms. The highest BCUT2D eigenvalue weighted by Crippen LogP contribution is 2.04. The molecule has 0 atom stereocenters. The van der Waals surface area contributed by atoms with Crippen molar-refractivity contribution in [2.75, 3.05) is 5.43 Å². The molecule has 0 spiro atoms. The maximum Gasteiger partial charge on any atom is 0.217 e. The van der Waals surface area contributed by atoms with Gasteiger partial charge in [-0.15, -0.1) is 0 Å². The third-order valence-electron chi connectivity index (χ3n) is 2.02. The molecule has 2 aromatic rings. The number of hydrazone groups is 1. The first-order valence-electron chi connectivity index (χ1n) is 5.02. The molecule has 1 heterocycles. The number of hydrogen-bond acceptors (Lipinski definition) is 5. The van der Waals surface area contributed by atoms with Gasteiger partial charge in [0.15, 0.2) is 5.78 Å². The second-order valence-corrected chi connectivity index (χ2v) is 3.31. The van der Waals surface area contributed by atoms with Crippen LogP contribution in [-0.4, -0.2) is 26.4 Å². The smallest absolute Gasteiger partial charge is 0.217 e. The number of nitrogens with one attached hydrogen (secondary N) is 1. The zero-order valence-corrected chi connectivity index (χ0v) is 9.24. The molecule has 2 rings (SSSR count). The minimum Gasteiger partial charge on any atom is -0.291 e. The van der Waals surface area contributed by atoms with Gasteiger partial charge in [-0.1, -0.05) is 18.2 Å². The van der Waals surface area contributed by atoms with Gasteiger partial charge in [-0.3, -0.25) is 10.2 Å². The van der Waals surface area contributed by atoms with Crippen LogP contribution in [0.1, 0.15) is 6.92 Å². The van der Waals surface area contributed by atoms with Crippen LogP contribution in [0.2, 0.25) is 0 Å². The number of benzene rings is 1. The summed E-state index contributed by atoms with van der Waals surface area (Å²) in [5, 5.41) is 7.88. The van der Waals surface area contributed by atoms with Crippen LogP contribution in [0.25, 0.3) is 0 Å². The summed E-state index contributed by atoms with van der Waals surface area (Å²) in [5.41, 5.74) is 3.59. The van der Waals surface area contributed by atoms with Crippen molar-refractivity contribution in [2.24, 2.45) is 5.10 Å². The molecule has 1 aromatic heterocycles. The fourth-order valence-electron chi connectivity index (χ4n) is 1.24. The Bertz CT molecular complexity index is 518. The predicted molar refractivity (Wildman–Crippen MR) is 63.6 cm³/mol. The Labute approximate surface area is 98.0 Å². The summed E-state index contributed by atoms with van der Waals surface area (Å²) in [6, 6.07) is 9.35. The highest BCUT2D eigenvalue weighted by atomic mass is 16.1. The first-order valence-corrected chi connectivity index (χ1v) is 5.02. The number of Topliss-reactive ketones (excluding diaryl/α,β-unsaturated/α-hetero) is 1. The fourth-order valence-corrected chi connectivity index (χ4v) is 1.24. The third kappa shape index (κ3) is 2.75. The van der Waals surface area contributed by atoms with Gasteiger partial charge in [0.05, 0.1) is 5.69 Å². The van der Waals surface area contributed by atoms with Gasteiger partial charge in [0.2, 0.25) is 5.84 Å². The van der Waals surface area contributed by atoms with Gasteiger partial charge in [0.25, 0.3) is 0 Å². The molecular formula is C11H11N5O. The zero-order valence-electron chi connectivity index (χ0n) is 9.24. The largest absolute Gasteiger partial charge is 0.291 e. The Morgan fingerprint density at radius 3 is 2.71 bits per heavy atom. The molecule has 0 aliphatic carbocycles. The van der Waals surface area contributed by atoms with Crippen LogP contribution >= 0.6 is 0 Å². The van der Waals surface area contributed by atoms with Crippen LogP contribution in [0.5, 0.6) is 0 Å². The molecule has 0 saturated heterocycles. The number of ketones is 1. The lowest BCUT2D eigenvalue weighted by Gasteiger charge is -2.03. The molecule has 1 N–H and O–H groups in total. The van der Waals surface area contributed by atoms with E-state index >= 15 is 0 Å². The number of nitrogens with zero attached hydrogens (tertiary/aromatic N) is 4. The van der Waals surface area contributed by atoms with E-state index in [-0.39, 0.29) is 11.6 Å². The van der Waals surface area contributed by atoms with Crippen LogP contribution in [0.15, 0.2) is 48.1 Å². The highest BCUT2D eigenvalue weighted by Gasteiger charge is 2.09. The Morgan fingerprint density at radius 2 is 2.12 bits per heavy atom. The van der Waals surface area contributed by atoms with E-state index in [4.69, 9.17) is 0 Å². The third-order valence-corrected chi connectivity index (χ3v) is 2.02. The second kappa shape index (κ2) is 5.02. The molecule has 0 aliphatic heterocycles. The van der Waals surface area contributed by atoms with Gasteiger partial charge in [0, 0.05) is 6.92 Å². The average Bonchev–Trinajstić information content (AvgIpc) is 2.84. The summed E-state index contributed by atoms with van der Waals surface area (Å²) in [6.07, 6.45) is 2.77. The molecule has 1 aromatic carbocycles. The van der Waals surface area contributed by atoms with E-state index < -0.39 is 0 Å². The fraction of sp³-hybridized carbons (Fsp3) is 0.0909. The van der Waals surface area contributed by atoms with Crippen LogP contribution in [-0.2, 0) is 4.79 Å². The quantitative estimate of drug-likeness (QED) is 0.486. The van der Waals surface area contributed by atoms with Crippen LogP contribution in [0, 0.1) is 0 Å². The summed E-state index contributed by atoms with van der Waals surface area (Å²) < 4.78 is 1.32.